The van der Waals surface area contributed by atoms with E-state index in [-0.39, 0.29) is 19.1 Å². The molecule has 2 aromatic carbocycles. The summed E-state index contributed by atoms with van der Waals surface area (Å²) in [6.45, 7) is 1.50. The van der Waals surface area contributed by atoms with Crippen molar-refractivity contribution in [3.63, 3.8) is 0 Å². The third-order valence-corrected chi connectivity index (χ3v) is 5.66. The number of nitrogens with one attached hydrogen (secondary N) is 1. The molecule has 2 heterocycles. The van der Waals surface area contributed by atoms with Crippen molar-refractivity contribution < 1.29 is 28.7 Å². The molecule has 3 atom stereocenters. The van der Waals surface area contributed by atoms with Gasteiger partial charge >= 0.3 is 5.97 Å². The molecule has 2 aliphatic heterocycles. The molecule has 3 unspecified atom stereocenters. The highest BCUT2D eigenvalue weighted by molar-refractivity contribution is 6.02. The summed E-state index contributed by atoms with van der Waals surface area (Å²) in [7, 11) is 1.50. The van der Waals surface area contributed by atoms with Crippen LogP contribution in [0.15, 0.2) is 54.6 Å². The van der Waals surface area contributed by atoms with E-state index in [9.17, 15) is 19.2 Å². The van der Waals surface area contributed by atoms with Crippen LogP contribution in [0.1, 0.15) is 22.8 Å². The zero-order chi connectivity index (χ0) is 22.8. The third-order valence-electron chi connectivity index (χ3n) is 5.66. The molecule has 3 amide bonds. The number of methoxy groups -OCH3 is 1. The number of hydrogen-bond acceptors (Lipinski definition) is 6. The average Bonchev–Trinajstić information content (AvgIpc) is 3.18. The zero-order valence-corrected chi connectivity index (χ0v) is 17.7. The lowest BCUT2D eigenvalue weighted by Crippen LogP contribution is -2.71. The number of amides is 3. The second-order valence-corrected chi connectivity index (χ2v) is 7.63. The van der Waals surface area contributed by atoms with Crippen molar-refractivity contribution in [1.82, 2.24) is 15.1 Å². The monoisotopic (exact) mass is 437 g/mol. The van der Waals surface area contributed by atoms with Crippen LogP contribution in [0.2, 0.25) is 0 Å². The lowest BCUT2D eigenvalue weighted by Gasteiger charge is -2.43. The Hall–Kier alpha value is -3.88. The minimum absolute atomic E-state index is 0.0324. The first-order valence-electron chi connectivity index (χ1n) is 10.2. The standard InChI is InChI=1S/C23H23N3O6/c1-14(27)25-12-18-19(24-20(28)16-9-6-10-17(11-16)31-2)22(29)26(18)21(25)23(30)32-13-15-7-4-3-5-8-15/h3-11,18-19,21H,12-13H2,1-2H3,(H,24,28). The molecule has 2 aliphatic rings. The van der Waals surface area contributed by atoms with Gasteiger partial charge in [-0.3, -0.25) is 14.4 Å². The molecule has 4 rings (SSSR count). The van der Waals surface area contributed by atoms with Crippen LogP contribution in [0, 0.1) is 0 Å². The lowest BCUT2D eigenvalue weighted by atomic mass is 9.96. The second-order valence-electron chi connectivity index (χ2n) is 7.63. The number of benzene rings is 2. The number of carbonyl (C=O) groups excluding carboxylic acids is 4. The van der Waals surface area contributed by atoms with Crippen molar-refractivity contribution in [3.8, 4) is 5.75 Å². The minimum atomic E-state index is -1.14. The molecule has 0 spiro atoms. The van der Waals surface area contributed by atoms with Crippen molar-refractivity contribution in [1.29, 1.82) is 0 Å². The van der Waals surface area contributed by atoms with E-state index in [0.717, 1.165) is 5.56 Å². The summed E-state index contributed by atoms with van der Waals surface area (Å²) in [5.41, 5.74) is 1.14. The van der Waals surface area contributed by atoms with Gasteiger partial charge in [-0.15, -0.1) is 0 Å². The average molecular weight is 437 g/mol. The van der Waals surface area contributed by atoms with Gasteiger partial charge in [0.1, 0.15) is 18.4 Å². The Morgan fingerprint density at radius 3 is 2.53 bits per heavy atom. The van der Waals surface area contributed by atoms with Gasteiger partial charge in [0.15, 0.2) is 0 Å². The van der Waals surface area contributed by atoms with E-state index in [0.29, 0.717) is 11.3 Å². The largest absolute Gasteiger partial charge is 0.497 e. The van der Waals surface area contributed by atoms with Crippen molar-refractivity contribution in [2.24, 2.45) is 0 Å². The lowest BCUT2D eigenvalue weighted by molar-refractivity contribution is -0.169. The van der Waals surface area contributed by atoms with Gasteiger partial charge < -0.3 is 24.6 Å². The van der Waals surface area contributed by atoms with Crippen LogP contribution < -0.4 is 10.1 Å². The molecule has 1 N–H and O–H groups in total. The fraction of sp³-hybridized carbons (Fsp3) is 0.304. The van der Waals surface area contributed by atoms with Crippen LogP contribution in [0.3, 0.4) is 0 Å². The topological polar surface area (TPSA) is 105 Å². The van der Waals surface area contributed by atoms with Gasteiger partial charge in [-0.2, -0.15) is 0 Å². The molecule has 9 heteroatoms. The number of β-lactam (4-membered cyclic amide) rings is 1. The molecule has 0 aliphatic carbocycles. The molecule has 0 saturated carbocycles. The van der Waals surface area contributed by atoms with E-state index < -0.39 is 36.0 Å². The molecule has 0 aromatic heterocycles. The fourth-order valence-corrected chi connectivity index (χ4v) is 4.01. The van der Waals surface area contributed by atoms with Gasteiger partial charge in [0, 0.05) is 19.0 Å². The van der Waals surface area contributed by atoms with Gasteiger partial charge in [0.25, 0.3) is 5.91 Å². The molecule has 32 heavy (non-hydrogen) atoms. The van der Waals surface area contributed by atoms with Crippen molar-refractivity contribution in [2.45, 2.75) is 31.8 Å². The molecule has 2 aromatic rings. The molecule has 166 valence electrons. The first-order valence-corrected chi connectivity index (χ1v) is 10.2. The Kier molecular flexibility index (Phi) is 5.81. The van der Waals surface area contributed by atoms with E-state index in [1.165, 1.54) is 23.8 Å². The van der Waals surface area contributed by atoms with Crippen LogP contribution >= 0.6 is 0 Å². The number of esters is 1. The highest BCUT2D eigenvalue weighted by Gasteiger charge is 2.60. The van der Waals surface area contributed by atoms with Crippen LogP contribution in [-0.2, 0) is 25.7 Å². The quantitative estimate of drug-likeness (QED) is 0.533. The first-order chi connectivity index (χ1) is 15.4. The summed E-state index contributed by atoms with van der Waals surface area (Å²) >= 11 is 0. The van der Waals surface area contributed by atoms with Gasteiger partial charge in [-0.25, -0.2) is 4.79 Å². The van der Waals surface area contributed by atoms with E-state index in [1.807, 2.05) is 30.3 Å². The molecule has 0 radical (unpaired) electrons. The van der Waals surface area contributed by atoms with Gasteiger partial charge in [-0.1, -0.05) is 36.4 Å². The smallest absolute Gasteiger partial charge is 0.350 e. The summed E-state index contributed by atoms with van der Waals surface area (Å²) in [6, 6.07) is 14.3. The van der Waals surface area contributed by atoms with Gasteiger partial charge in [-0.05, 0) is 23.8 Å². The normalized spacial score (nSPS) is 21.4. The number of rotatable bonds is 6. The van der Waals surface area contributed by atoms with Crippen molar-refractivity contribution in [2.75, 3.05) is 13.7 Å². The maximum Gasteiger partial charge on any atom is 0.350 e. The van der Waals surface area contributed by atoms with E-state index in [1.54, 1.807) is 24.3 Å². The number of hydrogen-bond donors (Lipinski definition) is 1. The van der Waals surface area contributed by atoms with E-state index in [2.05, 4.69) is 5.32 Å². The van der Waals surface area contributed by atoms with Crippen molar-refractivity contribution in [3.05, 3.63) is 65.7 Å². The Morgan fingerprint density at radius 2 is 1.84 bits per heavy atom. The summed E-state index contributed by atoms with van der Waals surface area (Å²) in [5, 5.41) is 2.71. The number of carbonyl (C=O) groups is 4. The number of nitrogens with zero attached hydrogens (tertiary/aromatic N) is 2. The highest BCUT2D eigenvalue weighted by atomic mass is 16.5. The van der Waals surface area contributed by atoms with Crippen LogP contribution in [0.25, 0.3) is 0 Å². The minimum Gasteiger partial charge on any atom is -0.497 e. The maximum atomic E-state index is 12.8. The molecule has 2 saturated heterocycles. The highest BCUT2D eigenvalue weighted by Crippen LogP contribution is 2.33. The first kappa shape index (κ1) is 21.4. The van der Waals surface area contributed by atoms with Crippen LogP contribution in [0.4, 0.5) is 0 Å². The Balaban J connectivity index is 1.45. The predicted molar refractivity (Wildman–Crippen MR) is 112 cm³/mol. The molecule has 9 nitrogen and oxygen atoms in total. The maximum absolute atomic E-state index is 12.8. The zero-order valence-electron chi connectivity index (χ0n) is 17.7. The molecule has 0 bridgehead atoms. The van der Waals surface area contributed by atoms with Crippen LogP contribution in [0.5, 0.6) is 5.75 Å². The number of fused-ring (bicyclic) bond motifs is 1. The Labute approximate surface area is 184 Å². The summed E-state index contributed by atoms with van der Waals surface area (Å²) < 4.78 is 10.5. The summed E-state index contributed by atoms with van der Waals surface area (Å²) in [5.74, 6) is -1.39. The van der Waals surface area contributed by atoms with E-state index >= 15 is 0 Å². The summed E-state index contributed by atoms with van der Waals surface area (Å²) in [6.07, 6.45) is -1.14. The Morgan fingerprint density at radius 1 is 1.09 bits per heavy atom. The van der Waals surface area contributed by atoms with Gasteiger partial charge in [0.2, 0.25) is 18.0 Å². The fourth-order valence-electron chi connectivity index (χ4n) is 4.01. The van der Waals surface area contributed by atoms with Crippen LogP contribution in [-0.4, -0.2) is 65.4 Å². The van der Waals surface area contributed by atoms with E-state index in [4.69, 9.17) is 9.47 Å². The SMILES string of the molecule is COc1cccc(C(=O)NC2C(=O)N3C2CN(C(C)=O)C3C(=O)OCc2ccccc2)c1. The predicted octanol–water partition coefficient (Wildman–Crippen LogP) is 0.936. The Bertz CT molecular complexity index is 1060. The molecule has 2 fully saturated rings. The molecular weight excluding hydrogens is 414 g/mol. The third kappa shape index (κ3) is 3.89. The second kappa shape index (κ2) is 8.70. The van der Waals surface area contributed by atoms with Gasteiger partial charge in [0.05, 0.1) is 13.2 Å². The van der Waals surface area contributed by atoms with Crippen molar-refractivity contribution >= 4 is 23.7 Å². The number of ether oxygens (including phenoxy) is 2. The molecular formula is C23H23N3O6. The summed E-state index contributed by atoms with van der Waals surface area (Å²) in [4.78, 5) is 53.0.